The van der Waals surface area contributed by atoms with Crippen LogP contribution >= 0.6 is 0 Å². The molecule has 0 amide bonds. The van der Waals surface area contributed by atoms with Gasteiger partial charge in [0.25, 0.3) is 0 Å². The van der Waals surface area contributed by atoms with Crippen molar-refractivity contribution in [3.8, 4) is 5.75 Å². The standard InChI is InChI=1S/C13H18O3/c1-9(2)8-16-12-6-10(3)5-11(7-12)13(14)15-4/h5-7,9H,8H2,1-4H3. The summed E-state index contributed by atoms with van der Waals surface area (Å²) in [5.74, 6) is 0.842. The SMILES string of the molecule is COC(=O)c1cc(C)cc(OCC(C)C)c1. The quantitative estimate of drug-likeness (QED) is 0.735. The van der Waals surface area contributed by atoms with E-state index in [1.165, 1.54) is 7.11 Å². The number of carbonyl (C=O) groups is 1. The van der Waals surface area contributed by atoms with Crippen LogP contribution < -0.4 is 4.74 Å². The molecule has 0 unspecified atom stereocenters. The summed E-state index contributed by atoms with van der Waals surface area (Å²) in [7, 11) is 1.37. The molecule has 0 aliphatic carbocycles. The first-order chi connectivity index (χ1) is 7.52. The number of methoxy groups -OCH3 is 1. The van der Waals surface area contributed by atoms with Gasteiger partial charge in [-0.1, -0.05) is 13.8 Å². The highest BCUT2D eigenvalue weighted by Gasteiger charge is 2.08. The summed E-state index contributed by atoms with van der Waals surface area (Å²) in [6.45, 7) is 6.73. The van der Waals surface area contributed by atoms with Crippen molar-refractivity contribution in [2.75, 3.05) is 13.7 Å². The van der Waals surface area contributed by atoms with Crippen LogP contribution in [0.4, 0.5) is 0 Å². The third kappa shape index (κ3) is 3.57. The normalized spacial score (nSPS) is 10.3. The number of hydrogen-bond acceptors (Lipinski definition) is 3. The van der Waals surface area contributed by atoms with E-state index in [1.807, 2.05) is 13.0 Å². The molecule has 0 aliphatic heterocycles. The monoisotopic (exact) mass is 222 g/mol. The summed E-state index contributed by atoms with van der Waals surface area (Å²) in [6.07, 6.45) is 0. The van der Waals surface area contributed by atoms with Gasteiger partial charge in [-0.05, 0) is 36.6 Å². The van der Waals surface area contributed by atoms with E-state index in [4.69, 9.17) is 4.74 Å². The Balaban J connectivity index is 2.85. The molecule has 0 spiro atoms. The van der Waals surface area contributed by atoms with Gasteiger partial charge in [0.05, 0.1) is 19.3 Å². The van der Waals surface area contributed by atoms with Gasteiger partial charge in [0, 0.05) is 0 Å². The predicted molar refractivity (Wildman–Crippen MR) is 62.9 cm³/mol. The predicted octanol–water partition coefficient (Wildman–Crippen LogP) is 2.82. The van der Waals surface area contributed by atoms with Gasteiger partial charge in [-0.2, -0.15) is 0 Å². The van der Waals surface area contributed by atoms with Gasteiger partial charge >= 0.3 is 5.97 Å². The maximum absolute atomic E-state index is 11.4. The van der Waals surface area contributed by atoms with Gasteiger partial charge in [-0.3, -0.25) is 0 Å². The van der Waals surface area contributed by atoms with Crippen LogP contribution in [-0.4, -0.2) is 19.7 Å². The zero-order valence-corrected chi connectivity index (χ0v) is 10.2. The van der Waals surface area contributed by atoms with E-state index < -0.39 is 0 Å². The van der Waals surface area contributed by atoms with E-state index >= 15 is 0 Å². The molecule has 88 valence electrons. The van der Waals surface area contributed by atoms with Crippen LogP contribution in [0.5, 0.6) is 5.75 Å². The molecule has 0 heterocycles. The molecule has 0 N–H and O–H groups in total. The summed E-state index contributed by atoms with van der Waals surface area (Å²) in [6, 6.07) is 5.41. The first-order valence-corrected chi connectivity index (χ1v) is 5.35. The minimum atomic E-state index is -0.335. The Hall–Kier alpha value is -1.51. The first-order valence-electron chi connectivity index (χ1n) is 5.35. The average molecular weight is 222 g/mol. The molecule has 1 aromatic rings. The van der Waals surface area contributed by atoms with Crippen molar-refractivity contribution in [2.24, 2.45) is 5.92 Å². The lowest BCUT2D eigenvalue weighted by atomic mass is 10.1. The number of hydrogen-bond donors (Lipinski definition) is 0. The molecule has 1 aromatic carbocycles. The lowest BCUT2D eigenvalue weighted by Gasteiger charge is -2.10. The zero-order valence-electron chi connectivity index (χ0n) is 10.2. The van der Waals surface area contributed by atoms with Crippen LogP contribution in [0, 0.1) is 12.8 Å². The molecule has 16 heavy (non-hydrogen) atoms. The summed E-state index contributed by atoms with van der Waals surface area (Å²) >= 11 is 0. The minimum absolute atomic E-state index is 0.335. The van der Waals surface area contributed by atoms with Crippen molar-refractivity contribution >= 4 is 5.97 Å². The zero-order chi connectivity index (χ0) is 12.1. The highest BCUT2D eigenvalue weighted by atomic mass is 16.5. The van der Waals surface area contributed by atoms with E-state index in [0.29, 0.717) is 23.8 Å². The highest BCUT2D eigenvalue weighted by molar-refractivity contribution is 5.90. The average Bonchev–Trinajstić information content (AvgIpc) is 2.24. The highest BCUT2D eigenvalue weighted by Crippen LogP contribution is 2.18. The maximum Gasteiger partial charge on any atom is 0.337 e. The summed E-state index contributed by atoms with van der Waals surface area (Å²) < 4.78 is 10.3. The second-order valence-corrected chi connectivity index (χ2v) is 4.23. The largest absolute Gasteiger partial charge is 0.493 e. The molecule has 3 nitrogen and oxygen atoms in total. The van der Waals surface area contributed by atoms with Crippen LogP contribution in [0.3, 0.4) is 0 Å². The first kappa shape index (κ1) is 12.6. The van der Waals surface area contributed by atoms with Crippen molar-refractivity contribution in [1.82, 2.24) is 0 Å². The molecular weight excluding hydrogens is 204 g/mol. The molecule has 0 saturated heterocycles. The molecule has 0 bridgehead atoms. The van der Waals surface area contributed by atoms with E-state index in [0.717, 1.165) is 5.56 Å². The Morgan fingerprint density at radius 1 is 1.31 bits per heavy atom. The van der Waals surface area contributed by atoms with Gasteiger partial charge in [0.2, 0.25) is 0 Å². The van der Waals surface area contributed by atoms with E-state index in [-0.39, 0.29) is 5.97 Å². The number of benzene rings is 1. The van der Waals surface area contributed by atoms with Crippen molar-refractivity contribution in [3.05, 3.63) is 29.3 Å². The molecule has 1 rings (SSSR count). The van der Waals surface area contributed by atoms with Gasteiger partial charge in [-0.25, -0.2) is 4.79 Å². The van der Waals surface area contributed by atoms with Gasteiger partial charge < -0.3 is 9.47 Å². The van der Waals surface area contributed by atoms with Gasteiger partial charge in [0.1, 0.15) is 5.75 Å². The Bertz CT molecular complexity index is 369. The van der Waals surface area contributed by atoms with E-state index in [9.17, 15) is 4.79 Å². The Morgan fingerprint density at radius 2 is 2.00 bits per heavy atom. The second-order valence-electron chi connectivity index (χ2n) is 4.23. The third-order valence-electron chi connectivity index (χ3n) is 2.06. The van der Waals surface area contributed by atoms with Gasteiger partial charge in [-0.15, -0.1) is 0 Å². The fraction of sp³-hybridized carbons (Fsp3) is 0.462. The smallest absolute Gasteiger partial charge is 0.337 e. The maximum atomic E-state index is 11.4. The molecule has 0 aromatic heterocycles. The molecule has 3 heteroatoms. The molecule has 0 aliphatic rings. The van der Waals surface area contributed by atoms with Crippen LogP contribution in [-0.2, 0) is 4.74 Å². The summed E-state index contributed by atoms with van der Waals surface area (Å²) in [4.78, 5) is 11.4. The Morgan fingerprint density at radius 3 is 2.56 bits per heavy atom. The lowest BCUT2D eigenvalue weighted by molar-refractivity contribution is 0.0600. The van der Waals surface area contributed by atoms with Crippen molar-refractivity contribution in [2.45, 2.75) is 20.8 Å². The molecule has 0 saturated carbocycles. The number of carbonyl (C=O) groups excluding carboxylic acids is 1. The third-order valence-corrected chi connectivity index (χ3v) is 2.06. The fourth-order valence-corrected chi connectivity index (χ4v) is 1.33. The van der Waals surface area contributed by atoms with Crippen molar-refractivity contribution in [1.29, 1.82) is 0 Å². The minimum Gasteiger partial charge on any atom is -0.493 e. The fourth-order valence-electron chi connectivity index (χ4n) is 1.33. The van der Waals surface area contributed by atoms with Gasteiger partial charge in [0.15, 0.2) is 0 Å². The molecule has 0 atom stereocenters. The molecule has 0 radical (unpaired) electrons. The second kappa shape index (κ2) is 5.54. The topological polar surface area (TPSA) is 35.5 Å². The van der Waals surface area contributed by atoms with Crippen molar-refractivity contribution in [3.63, 3.8) is 0 Å². The number of rotatable bonds is 4. The number of esters is 1. The van der Waals surface area contributed by atoms with E-state index in [1.54, 1.807) is 12.1 Å². The Labute approximate surface area is 96.4 Å². The number of aryl methyl sites for hydroxylation is 1. The summed E-state index contributed by atoms with van der Waals surface area (Å²) in [5, 5.41) is 0. The summed E-state index contributed by atoms with van der Waals surface area (Å²) in [5.41, 5.74) is 1.52. The van der Waals surface area contributed by atoms with Crippen LogP contribution in [0.25, 0.3) is 0 Å². The number of ether oxygens (including phenoxy) is 2. The van der Waals surface area contributed by atoms with Crippen LogP contribution in [0.2, 0.25) is 0 Å². The van der Waals surface area contributed by atoms with Crippen LogP contribution in [0.15, 0.2) is 18.2 Å². The Kier molecular flexibility index (Phi) is 4.35. The van der Waals surface area contributed by atoms with E-state index in [2.05, 4.69) is 18.6 Å². The molecular formula is C13H18O3. The van der Waals surface area contributed by atoms with Crippen molar-refractivity contribution < 1.29 is 14.3 Å². The molecule has 0 fully saturated rings. The van der Waals surface area contributed by atoms with Crippen LogP contribution in [0.1, 0.15) is 29.8 Å². The lowest BCUT2D eigenvalue weighted by Crippen LogP contribution is -2.06.